The standard InChI is InChI=1S/C12H23N5/c1-3-17(4-2)10-6-9-14-11-7-5-8-12(15-11)16-13/h5,7-8H,3-4,6,9-10,13H2,1-2H3,(H2,14,15,16). The number of hydrazine groups is 1. The molecule has 96 valence electrons. The summed E-state index contributed by atoms with van der Waals surface area (Å²) in [5.41, 5.74) is 2.53. The second-order valence-electron chi connectivity index (χ2n) is 3.86. The third kappa shape index (κ3) is 5.01. The first-order valence-electron chi connectivity index (χ1n) is 6.20. The zero-order valence-corrected chi connectivity index (χ0v) is 10.7. The highest BCUT2D eigenvalue weighted by molar-refractivity contribution is 5.44. The summed E-state index contributed by atoms with van der Waals surface area (Å²) in [6, 6.07) is 5.70. The SMILES string of the molecule is CCN(CC)CCCNc1cccc(NN)n1. The monoisotopic (exact) mass is 237 g/mol. The predicted octanol–water partition coefficient (Wildman–Crippen LogP) is 1.51. The molecule has 0 aromatic carbocycles. The Kier molecular flexibility index (Phi) is 6.35. The number of pyridine rings is 1. The Labute approximate surface area is 103 Å². The van der Waals surface area contributed by atoms with Crippen molar-refractivity contribution in [1.29, 1.82) is 0 Å². The van der Waals surface area contributed by atoms with E-state index in [4.69, 9.17) is 5.84 Å². The molecule has 0 radical (unpaired) electrons. The van der Waals surface area contributed by atoms with Crippen molar-refractivity contribution in [2.45, 2.75) is 20.3 Å². The molecule has 1 aromatic rings. The normalized spacial score (nSPS) is 10.6. The van der Waals surface area contributed by atoms with Gasteiger partial charge in [-0.2, -0.15) is 0 Å². The molecule has 1 rings (SSSR count). The molecule has 17 heavy (non-hydrogen) atoms. The molecule has 1 aromatic heterocycles. The molecule has 0 bridgehead atoms. The maximum atomic E-state index is 5.30. The molecule has 5 nitrogen and oxygen atoms in total. The van der Waals surface area contributed by atoms with Crippen LogP contribution in [0.3, 0.4) is 0 Å². The molecular formula is C12H23N5. The zero-order valence-electron chi connectivity index (χ0n) is 10.7. The average molecular weight is 237 g/mol. The van der Waals surface area contributed by atoms with Crippen LogP contribution in [0, 0.1) is 0 Å². The van der Waals surface area contributed by atoms with Gasteiger partial charge in [-0.25, -0.2) is 10.8 Å². The van der Waals surface area contributed by atoms with Crippen LogP contribution in [0.25, 0.3) is 0 Å². The second-order valence-corrected chi connectivity index (χ2v) is 3.86. The molecule has 0 aliphatic carbocycles. The molecule has 0 fully saturated rings. The number of hydrogen-bond donors (Lipinski definition) is 3. The van der Waals surface area contributed by atoms with Crippen molar-refractivity contribution >= 4 is 11.6 Å². The molecular weight excluding hydrogens is 214 g/mol. The van der Waals surface area contributed by atoms with Crippen molar-refractivity contribution in [3.63, 3.8) is 0 Å². The third-order valence-corrected chi connectivity index (χ3v) is 2.75. The van der Waals surface area contributed by atoms with Crippen molar-refractivity contribution < 1.29 is 0 Å². The van der Waals surface area contributed by atoms with E-state index in [1.165, 1.54) is 0 Å². The largest absolute Gasteiger partial charge is 0.370 e. The van der Waals surface area contributed by atoms with Crippen LogP contribution < -0.4 is 16.6 Å². The minimum atomic E-state index is 0.679. The van der Waals surface area contributed by atoms with Gasteiger partial charge < -0.3 is 15.6 Å². The van der Waals surface area contributed by atoms with Gasteiger partial charge in [0.1, 0.15) is 11.6 Å². The van der Waals surface area contributed by atoms with Gasteiger partial charge in [-0.05, 0) is 38.2 Å². The highest BCUT2D eigenvalue weighted by Crippen LogP contribution is 2.07. The number of anilines is 2. The van der Waals surface area contributed by atoms with Gasteiger partial charge in [0.15, 0.2) is 0 Å². The Bertz CT molecular complexity index is 312. The topological polar surface area (TPSA) is 66.2 Å². The Hall–Kier alpha value is -1.33. The quantitative estimate of drug-likeness (QED) is 0.363. The number of hydrogen-bond acceptors (Lipinski definition) is 5. The van der Waals surface area contributed by atoms with E-state index in [2.05, 4.69) is 34.5 Å². The number of rotatable bonds is 8. The number of nitrogen functional groups attached to an aromatic ring is 1. The molecule has 5 heteroatoms. The van der Waals surface area contributed by atoms with Crippen molar-refractivity contribution in [3.8, 4) is 0 Å². The highest BCUT2D eigenvalue weighted by atomic mass is 15.3. The number of nitrogens with zero attached hydrogens (tertiary/aromatic N) is 2. The molecule has 0 saturated heterocycles. The molecule has 0 aliphatic rings. The molecule has 0 aliphatic heterocycles. The van der Waals surface area contributed by atoms with E-state index < -0.39 is 0 Å². The summed E-state index contributed by atoms with van der Waals surface area (Å²) in [6.45, 7) is 8.65. The molecule has 1 heterocycles. The fourth-order valence-corrected chi connectivity index (χ4v) is 1.67. The fraction of sp³-hybridized carbons (Fsp3) is 0.583. The van der Waals surface area contributed by atoms with Gasteiger partial charge in [-0.3, -0.25) is 0 Å². The summed E-state index contributed by atoms with van der Waals surface area (Å²) in [5, 5.41) is 3.29. The summed E-state index contributed by atoms with van der Waals surface area (Å²) in [7, 11) is 0. The van der Waals surface area contributed by atoms with E-state index in [1.807, 2.05) is 18.2 Å². The van der Waals surface area contributed by atoms with Crippen LogP contribution in [0.5, 0.6) is 0 Å². The zero-order chi connectivity index (χ0) is 12.5. The van der Waals surface area contributed by atoms with Crippen molar-refractivity contribution in [3.05, 3.63) is 18.2 Å². The van der Waals surface area contributed by atoms with Crippen LogP contribution in [0.4, 0.5) is 11.6 Å². The Balaban J connectivity index is 2.26. The Morgan fingerprint density at radius 1 is 1.24 bits per heavy atom. The molecule has 0 atom stereocenters. The Morgan fingerprint density at radius 3 is 2.59 bits per heavy atom. The lowest BCUT2D eigenvalue weighted by Gasteiger charge is -2.17. The number of nitrogens with one attached hydrogen (secondary N) is 2. The molecule has 0 spiro atoms. The summed E-state index contributed by atoms with van der Waals surface area (Å²) >= 11 is 0. The van der Waals surface area contributed by atoms with Gasteiger partial charge in [-0.15, -0.1) is 0 Å². The van der Waals surface area contributed by atoms with Gasteiger partial charge in [0.25, 0.3) is 0 Å². The third-order valence-electron chi connectivity index (χ3n) is 2.75. The first-order chi connectivity index (χ1) is 8.30. The van der Waals surface area contributed by atoms with Gasteiger partial charge >= 0.3 is 0 Å². The molecule has 0 saturated carbocycles. The first-order valence-corrected chi connectivity index (χ1v) is 6.20. The van der Waals surface area contributed by atoms with Gasteiger partial charge in [0.2, 0.25) is 0 Å². The fourth-order valence-electron chi connectivity index (χ4n) is 1.67. The summed E-state index contributed by atoms with van der Waals surface area (Å²) < 4.78 is 0. The van der Waals surface area contributed by atoms with Crippen LogP contribution in [0.2, 0.25) is 0 Å². The summed E-state index contributed by atoms with van der Waals surface area (Å²) in [5.74, 6) is 6.84. The number of nitrogens with two attached hydrogens (primary N) is 1. The highest BCUT2D eigenvalue weighted by Gasteiger charge is 1.99. The summed E-state index contributed by atoms with van der Waals surface area (Å²) in [6.07, 6.45) is 1.11. The molecule has 0 amide bonds. The van der Waals surface area contributed by atoms with Crippen LogP contribution in [0.15, 0.2) is 18.2 Å². The minimum Gasteiger partial charge on any atom is -0.370 e. The van der Waals surface area contributed by atoms with Gasteiger partial charge in [-0.1, -0.05) is 19.9 Å². The maximum absolute atomic E-state index is 5.30. The van der Waals surface area contributed by atoms with E-state index >= 15 is 0 Å². The van der Waals surface area contributed by atoms with Crippen LogP contribution in [0.1, 0.15) is 20.3 Å². The van der Waals surface area contributed by atoms with Crippen LogP contribution in [-0.2, 0) is 0 Å². The lowest BCUT2D eigenvalue weighted by atomic mass is 10.3. The van der Waals surface area contributed by atoms with Crippen molar-refractivity contribution in [2.75, 3.05) is 36.9 Å². The Morgan fingerprint density at radius 2 is 1.94 bits per heavy atom. The van der Waals surface area contributed by atoms with Crippen molar-refractivity contribution in [1.82, 2.24) is 9.88 Å². The number of aromatic nitrogens is 1. The molecule has 0 unspecified atom stereocenters. The summed E-state index contributed by atoms with van der Waals surface area (Å²) in [4.78, 5) is 6.70. The van der Waals surface area contributed by atoms with E-state index in [9.17, 15) is 0 Å². The lowest BCUT2D eigenvalue weighted by molar-refractivity contribution is 0.303. The van der Waals surface area contributed by atoms with Gasteiger partial charge in [0, 0.05) is 6.54 Å². The van der Waals surface area contributed by atoms with Crippen LogP contribution >= 0.6 is 0 Å². The van der Waals surface area contributed by atoms with E-state index in [1.54, 1.807) is 0 Å². The van der Waals surface area contributed by atoms with Gasteiger partial charge in [0.05, 0.1) is 0 Å². The van der Waals surface area contributed by atoms with Crippen LogP contribution in [-0.4, -0.2) is 36.1 Å². The first kappa shape index (κ1) is 13.7. The van der Waals surface area contributed by atoms with E-state index in [0.717, 1.165) is 38.4 Å². The van der Waals surface area contributed by atoms with E-state index in [-0.39, 0.29) is 0 Å². The second kappa shape index (κ2) is 7.86. The van der Waals surface area contributed by atoms with Crippen molar-refractivity contribution in [2.24, 2.45) is 5.84 Å². The smallest absolute Gasteiger partial charge is 0.142 e. The molecule has 4 N–H and O–H groups in total. The average Bonchev–Trinajstić information content (AvgIpc) is 2.39. The lowest BCUT2D eigenvalue weighted by Crippen LogP contribution is -2.25. The van der Waals surface area contributed by atoms with E-state index in [0.29, 0.717) is 5.82 Å². The predicted molar refractivity (Wildman–Crippen MR) is 72.9 cm³/mol. The minimum absolute atomic E-state index is 0.679. The maximum Gasteiger partial charge on any atom is 0.142 e.